The summed E-state index contributed by atoms with van der Waals surface area (Å²) in [6.45, 7) is 14.1. The fraction of sp³-hybridized carbons (Fsp3) is 0.529. The van der Waals surface area contributed by atoms with Gasteiger partial charge in [0, 0.05) is 22.2 Å². The molecule has 0 bridgehead atoms. The van der Waals surface area contributed by atoms with Crippen molar-refractivity contribution >= 4 is 43.1 Å². The third kappa shape index (κ3) is 5.97. The molecule has 0 amide bonds. The molecule has 7 nitrogen and oxygen atoms in total. The highest BCUT2D eigenvalue weighted by molar-refractivity contribution is 7.21. The van der Waals surface area contributed by atoms with Crippen LogP contribution in [0.5, 0.6) is 0 Å². The summed E-state index contributed by atoms with van der Waals surface area (Å²) in [7, 11) is 0. The zero-order valence-electron chi connectivity index (χ0n) is 26.1. The van der Waals surface area contributed by atoms with Crippen molar-refractivity contribution in [2.24, 2.45) is 22.7 Å². The quantitative estimate of drug-likeness (QED) is 0.213. The van der Waals surface area contributed by atoms with E-state index in [0.717, 1.165) is 62.3 Å². The number of aryl methyl sites for hydroxylation is 2. The van der Waals surface area contributed by atoms with Gasteiger partial charge in [-0.2, -0.15) is 10.5 Å². The Labute approximate surface area is 262 Å². The van der Waals surface area contributed by atoms with Crippen LogP contribution in [0.25, 0.3) is 31.1 Å². The molecule has 2 atom stereocenters. The fourth-order valence-corrected chi connectivity index (χ4v) is 8.38. The lowest BCUT2D eigenvalue weighted by Crippen LogP contribution is -2.29. The van der Waals surface area contributed by atoms with Crippen molar-refractivity contribution in [2.45, 2.75) is 92.9 Å². The summed E-state index contributed by atoms with van der Waals surface area (Å²) in [4.78, 5) is 13.6. The maximum absolute atomic E-state index is 9.02. The average Bonchev–Trinajstić information content (AvgIpc) is 3.77. The van der Waals surface area contributed by atoms with E-state index in [0.29, 0.717) is 16.7 Å². The zero-order chi connectivity index (χ0) is 30.4. The number of hydrogen-bond donors (Lipinski definition) is 1. The molecule has 0 aromatic carbocycles. The summed E-state index contributed by atoms with van der Waals surface area (Å²) < 4.78 is 0. The third-order valence-electron chi connectivity index (χ3n) is 10.5. The van der Waals surface area contributed by atoms with Gasteiger partial charge in [0.1, 0.15) is 20.6 Å². The van der Waals surface area contributed by atoms with Gasteiger partial charge in [-0.15, -0.1) is 32.9 Å². The molecule has 1 N–H and O–H groups in total. The Hall–Kier alpha value is -3.22. The molecular formula is C34H41N7S2. The van der Waals surface area contributed by atoms with E-state index < -0.39 is 0 Å². The van der Waals surface area contributed by atoms with Crippen LogP contribution in [-0.2, 0) is 25.7 Å². The van der Waals surface area contributed by atoms with E-state index in [1.807, 2.05) is 6.07 Å². The number of thiophene rings is 2. The Morgan fingerprint density at radius 3 is 1.91 bits per heavy atom. The topological polar surface area (TPSA) is 104 Å². The normalized spacial score (nSPS) is 18.5. The molecule has 0 radical (unpaired) electrons. The van der Waals surface area contributed by atoms with Crippen molar-refractivity contribution in [3.05, 3.63) is 51.7 Å². The number of fused-ring (bicyclic) bond motifs is 4. The van der Waals surface area contributed by atoms with E-state index in [2.05, 4.69) is 86.4 Å². The van der Waals surface area contributed by atoms with Crippen LogP contribution in [0, 0.1) is 34.0 Å². The van der Waals surface area contributed by atoms with Crippen LogP contribution in [0.2, 0.25) is 0 Å². The number of tetrazole rings is 1. The maximum Gasteiger partial charge on any atom is 0.214 e. The molecule has 9 heteroatoms. The predicted molar refractivity (Wildman–Crippen MR) is 176 cm³/mol. The molecule has 2 aliphatic rings. The monoisotopic (exact) mass is 611 g/mol. The highest BCUT2D eigenvalue weighted by Crippen LogP contribution is 2.42. The molecule has 5 aromatic rings. The number of aromatic nitrogens is 6. The van der Waals surface area contributed by atoms with Crippen molar-refractivity contribution in [1.82, 2.24) is 30.6 Å². The SMILES string of the molecule is CCC(C)(C)C1CCc2nc3sc(-c4nn[nH]n4)cc3cc2C1.CCC(C)(C)C1CCc2nc3sc(C#N)cc3cc2C1. The number of hydrogen-bond acceptors (Lipinski definition) is 8. The molecule has 0 aliphatic heterocycles. The molecule has 43 heavy (non-hydrogen) atoms. The highest BCUT2D eigenvalue weighted by Gasteiger charge is 2.33. The molecule has 0 fully saturated rings. The summed E-state index contributed by atoms with van der Waals surface area (Å²) >= 11 is 3.15. The largest absolute Gasteiger partial charge is 0.242 e. The van der Waals surface area contributed by atoms with Gasteiger partial charge in [0.05, 0.1) is 4.88 Å². The lowest BCUT2D eigenvalue weighted by atomic mass is 9.69. The van der Waals surface area contributed by atoms with Gasteiger partial charge in [-0.1, -0.05) is 54.4 Å². The Balaban J connectivity index is 0.000000155. The van der Waals surface area contributed by atoms with Crippen LogP contribution in [0.4, 0.5) is 0 Å². The maximum atomic E-state index is 9.02. The third-order valence-corrected chi connectivity index (χ3v) is 12.4. The molecule has 2 unspecified atom stereocenters. The van der Waals surface area contributed by atoms with Crippen LogP contribution in [0.1, 0.15) is 94.6 Å². The number of nitrogens with zero attached hydrogens (tertiary/aromatic N) is 6. The zero-order valence-corrected chi connectivity index (χ0v) is 27.8. The predicted octanol–water partition coefficient (Wildman–Crippen LogP) is 8.73. The van der Waals surface area contributed by atoms with Gasteiger partial charge in [0.15, 0.2) is 0 Å². The summed E-state index contributed by atoms with van der Waals surface area (Å²) in [5.74, 6) is 2.14. The van der Waals surface area contributed by atoms with Gasteiger partial charge >= 0.3 is 0 Å². The van der Waals surface area contributed by atoms with Crippen molar-refractivity contribution in [2.75, 3.05) is 0 Å². The van der Waals surface area contributed by atoms with E-state index in [4.69, 9.17) is 15.2 Å². The minimum atomic E-state index is 0.400. The first-order chi connectivity index (χ1) is 20.6. The molecule has 0 saturated heterocycles. The van der Waals surface area contributed by atoms with Crippen molar-refractivity contribution in [3.8, 4) is 16.8 Å². The lowest BCUT2D eigenvalue weighted by molar-refractivity contribution is 0.182. The van der Waals surface area contributed by atoms with Crippen LogP contribution < -0.4 is 0 Å². The van der Waals surface area contributed by atoms with Crippen molar-refractivity contribution in [1.29, 1.82) is 5.26 Å². The molecule has 7 rings (SSSR count). The molecule has 5 aromatic heterocycles. The van der Waals surface area contributed by atoms with E-state index in [9.17, 15) is 0 Å². The molecule has 0 saturated carbocycles. The van der Waals surface area contributed by atoms with Gasteiger partial charge in [-0.3, -0.25) is 0 Å². The molecule has 5 heterocycles. The highest BCUT2D eigenvalue weighted by atomic mass is 32.1. The fourth-order valence-electron chi connectivity index (χ4n) is 6.59. The summed E-state index contributed by atoms with van der Waals surface area (Å²) in [6.07, 6.45) is 9.39. The van der Waals surface area contributed by atoms with E-state index in [-0.39, 0.29) is 0 Å². The second kappa shape index (κ2) is 11.7. The van der Waals surface area contributed by atoms with Crippen LogP contribution >= 0.6 is 22.7 Å². The molecular weight excluding hydrogens is 571 g/mol. The number of aromatic amines is 1. The average molecular weight is 612 g/mol. The van der Waals surface area contributed by atoms with Crippen LogP contribution in [0.15, 0.2) is 24.3 Å². The summed E-state index contributed by atoms with van der Waals surface area (Å²) in [6, 6.07) is 10.9. The van der Waals surface area contributed by atoms with Crippen molar-refractivity contribution in [3.63, 3.8) is 0 Å². The minimum Gasteiger partial charge on any atom is -0.242 e. The number of H-pyrrole nitrogens is 1. The lowest BCUT2D eigenvalue weighted by Gasteiger charge is -2.36. The Bertz CT molecular complexity index is 1790. The van der Waals surface area contributed by atoms with E-state index in [1.165, 1.54) is 64.9 Å². The Morgan fingerprint density at radius 2 is 1.40 bits per heavy atom. The molecule has 2 aliphatic carbocycles. The second-order valence-electron chi connectivity index (χ2n) is 13.6. The van der Waals surface area contributed by atoms with Gasteiger partial charge in [-0.25, -0.2) is 9.97 Å². The standard InChI is InChI=1S/C17H21N5S.C17H20N2S/c1-4-17(2,3)12-5-6-13-10(8-12)7-11-9-14(23-16(11)18-13)15-19-21-22-20-15;1-4-17(2,3)13-5-6-15-11(8-13)7-12-9-14(10-18)20-16(12)19-15/h7,9,12H,4-6,8H2,1-3H3,(H,19,20,21,22);7,9,13H,4-6,8H2,1-3H3. The number of nitriles is 1. The van der Waals surface area contributed by atoms with Crippen LogP contribution in [0.3, 0.4) is 0 Å². The van der Waals surface area contributed by atoms with Crippen LogP contribution in [-0.4, -0.2) is 30.6 Å². The summed E-state index contributed by atoms with van der Waals surface area (Å²) in [5, 5.41) is 25.6. The van der Waals surface area contributed by atoms with E-state index in [1.54, 1.807) is 11.3 Å². The number of rotatable bonds is 5. The van der Waals surface area contributed by atoms with Gasteiger partial charge in [0.25, 0.3) is 0 Å². The second-order valence-corrected chi connectivity index (χ2v) is 15.7. The Kier molecular flexibility index (Phi) is 8.12. The van der Waals surface area contributed by atoms with Gasteiger partial charge < -0.3 is 0 Å². The smallest absolute Gasteiger partial charge is 0.214 e. The van der Waals surface area contributed by atoms with Gasteiger partial charge in [-0.05, 0) is 102 Å². The first-order valence-corrected chi connectivity index (χ1v) is 17.2. The van der Waals surface area contributed by atoms with Gasteiger partial charge in [0.2, 0.25) is 5.82 Å². The van der Waals surface area contributed by atoms with E-state index >= 15 is 0 Å². The summed E-state index contributed by atoms with van der Waals surface area (Å²) in [5.41, 5.74) is 6.16. The molecule has 0 spiro atoms. The Morgan fingerprint density at radius 1 is 0.837 bits per heavy atom. The number of nitrogens with one attached hydrogen (secondary N) is 1. The first kappa shape index (κ1) is 29.8. The van der Waals surface area contributed by atoms with Crippen molar-refractivity contribution < 1.29 is 0 Å². The minimum absolute atomic E-state index is 0.400. The molecule has 224 valence electrons. The first-order valence-electron chi connectivity index (χ1n) is 15.6. The number of pyridine rings is 2.